The van der Waals surface area contributed by atoms with Gasteiger partial charge in [0.2, 0.25) is 0 Å². The average molecular weight is 294 g/mol. The molecule has 17 heavy (non-hydrogen) atoms. The Kier molecular flexibility index (Phi) is 3.69. The summed E-state index contributed by atoms with van der Waals surface area (Å²) in [7, 11) is 0. The van der Waals surface area contributed by atoms with Crippen molar-refractivity contribution in [2.24, 2.45) is 5.73 Å². The molecule has 0 amide bonds. The summed E-state index contributed by atoms with van der Waals surface area (Å²) in [5.74, 6) is 0. The molecule has 1 atom stereocenters. The summed E-state index contributed by atoms with van der Waals surface area (Å²) in [5.41, 5.74) is 11.0. The van der Waals surface area contributed by atoms with Crippen LogP contribution in [0.25, 0.3) is 0 Å². The zero-order valence-electron chi connectivity index (χ0n) is 10.0. The van der Waals surface area contributed by atoms with Gasteiger partial charge in [-0.05, 0) is 47.8 Å². The van der Waals surface area contributed by atoms with Crippen molar-refractivity contribution in [1.82, 2.24) is 0 Å². The Morgan fingerprint density at radius 1 is 1.24 bits per heavy atom. The molecule has 0 bridgehead atoms. The van der Waals surface area contributed by atoms with Gasteiger partial charge in [-0.3, -0.25) is 0 Å². The maximum atomic E-state index is 6.18. The van der Waals surface area contributed by atoms with Gasteiger partial charge in [0.05, 0.1) is 6.26 Å². The first kappa shape index (κ1) is 12.4. The Balaban J connectivity index is 2.18. The average Bonchev–Trinajstić information content (AvgIpc) is 2.62. The van der Waals surface area contributed by atoms with E-state index in [0.29, 0.717) is 0 Å². The van der Waals surface area contributed by atoms with Gasteiger partial charge in [-0.15, -0.1) is 0 Å². The van der Waals surface area contributed by atoms with Gasteiger partial charge in [0.15, 0.2) is 4.67 Å². The normalized spacial score (nSPS) is 12.7. The monoisotopic (exact) mass is 293 g/mol. The van der Waals surface area contributed by atoms with Crippen LogP contribution >= 0.6 is 15.9 Å². The number of benzene rings is 1. The van der Waals surface area contributed by atoms with Crippen molar-refractivity contribution in [2.45, 2.75) is 26.3 Å². The largest absolute Gasteiger partial charge is 0.457 e. The number of hydrogen-bond donors (Lipinski definition) is 1. The molecule has 2 rings (SSSR count). The van der Waals surface area contributed by atoms with Crippen molar-refractivity contribution in [2.75, 3.05) is 0 Å². The van der Waals surface area contributed by atoms with Gasteiger partial charge in [-0.2, -0.15) is 0 Å². The highest BCUT2D eigenvalue weighted by atomic mass is 79.9. The van der Waals surface area contributed by atoms with E-state index in [4.69, 9.17) is 10.2 Å². The van der Waals surface area contributed by atoms with Crippen LogP contribution < -0.4 is 5.73 Å². The Morgan fingerprint density at radius 2 is 1.88 bits per heavy atom. The third-order valence-corrected chi connectivity index (χ3v) is 3.43. The van der Waals surface area contributed by atoms with E-state index in [0.717, 1.165) is 16.7 Å². The highest BCUT2D eigenvalue weighted by Crippen LogP contribution is 2.25. The first-order chi connectivity index (χ1) is 8.06. The lowest BCUT2D eigenvalue weighted by atomic mass is 9.99. The van der Waals surface area contributed by atoms with E-state index in [2.05, 4.69) is 48.0 Å². The van der Waals surface area contributed by atoms with Crippen molar-refractivity contribution in [3.05, 3.63) is 57.5 Å². The second-order valence-corrected chi connectivity index (χ2v) is 5.18. The molecule has 0 fully saturated rings. The maximum absolute atomic E-state index is 6.18. The van der Waals surface area contributed by atoms with Crippen molar-refractivity contribution in [1.29, 1.82) is 0 Å². The van der Waals surface area contributed by atoms with Gasteiger partial charge >= 0.3 is 0 Å². The van der Waals surface area contributed by atoms with Gasteiger partial charge in [0.25, 0.3) is 0 Å². The van der Waals surface area contributed by atoms with Crippen LogP contribution in [-0.2, 0) is 6.42 Å². The van der Waals surface area contributed by atoms with E-state index in [-0.39, 0.29) is 6.04 Å². The molecule has 0 radical (unpaired) electrons. The summed E-state index contributed by atoms with van der Waals surface area (Å²) < 4.78 is 5.94. The number of furan rings is 1. The van der Waals surface area contributed by atoms with Crippen molar-refractivity contribution >= 4 is 15.9 Å². The van der Waals surface area contributed by atoms with E-state index in [1.54, 1.807) is 6.26 Å². The third kappa shape index (κ3) is 2.99. The second kappa shape index (κ2) is 5.07. The summed E-state index contributed by atoms with van der Waals surface area (Å²) in [5, 5.41) is 0. The van der Waals surface area contributed by atoms with Crippen LogP contribution in [0.4, 0.5) is 0 Å². The molecular weight excluding hydrogens is 278 g/mol. The van der Waals surface area contributed by atoms with Crippen molar-refractivity contribution in [3.8, 4) is 0 Å². The molecule has 2 N–H and O–H groups in total. The highest BCUT2D eigenvalue weighted by Gasteiger charge is 2.13. The van der Waals surface area contributed by atoms with E-state index in [1.807, 2.05) is 6.07 Å². The topological polar surface area (TPSA) is 39.2 Å². The number of halogens is 1. The highest BCUT2D eigenvalue weighted by molar-refractivity contribution is 9.10. The van der Waals surface area contributed by atoms with Crippen LogP contribution in [0.5, 0.6) is 0 Å². The molecule has 0 aliphatic carbocycles. The van der Waals surface area contributed by atoms with Crippen molar-refractivity contribution in [3.63, 3.8) is 0 Å². The number of hydrogen-bond acceptors (Lipinski definition) is 2. The summed E-state index contributed by atoms with van der Waals surface area (Å²) in [6, 6.07) is 8.41. The minimum atomic E-state index is -0.0377. The second-order valence-electron chi connectivity index (χ2n) is 4.46. The molecule has 0 spiro atoms. The zero-order chi connectivity index (χ0) is 12.4. The van der Waals surface area contributed by atoms with Crippen LogP contribution in [0.15, 0.2) is 39.6 Å². The van der Waals surface area contributed by atoms with Gasteiger partial charge in [0, 0.05) is 11.6 Å². The molecule has 1 aromatic heterocycles. The van der Waals surface area contributed by atoms with Gasteiger partial charge in [0.1, 0.15) is 0 Å². The fourth-order valence-electron chi connectivity index (χ4n) is 2.12. The summed E-state index contributed by atoms with van der Waals surface area (Å²) >= 11 is 3.36. The summed E-state index contributed by atoms with van der Waals surface area (Å²) in [6.45, 7) is 4.21. The SMILES string of the molecule is Cc1cc(C)cc(CC(N)c2ccoc2Br)c1. The summed E-state index contributed by atoms with van der Waals surface area (Å²) in [4.78, 5) is 0. The first-order valence-electron chi connectivity index (χ1n) is 5.62. The first-order valence-corrected chi connectivity index (χ1v) is 6.41. The van der Waals surface area contributed by atoms with Crippen LogP contribution in [0, 0.1) is 13.8 Å². The minimum Gasteiger partial charge on any atom is -0.457 e. The van der Waals surface area contributed by atoms with Crippen LogP contribution in [0.1, 0.15) is 28.3 Å². The van der Waals surface area contributed by atoms with Gasteiger partial charge in [-0.25, -0.2) is 0 Å². The molecule has 2 nitrogen and oxygen atoms in total. The van der Waals surface area contributed by atoms with Crippen LogP contribution in [-0.4, -0.2) is 0 Å². The maximum Gasteiger partial charge on any atom is 0.173 e. The van der Waals surface area contributed by atoms with Crippen molar-refractivity contribution < 1.29 is 4.42 Å². The molecular formula is C14H16BrNO. The van der Waals surface area contributed by atoms with E-state index >= 15 is 0 Å². The zero-order valence-corrected chi connectivity index (χ0v) is 11.6. The fraction of sp³-hybridized carbons (Fsp3) is 0.286. The Labute approximate surface area is 110 Å². The fourth-order valence-corrected chi connectivity index (χ4v) is 2.65. The van der Waals surface area contributed by atoms with E-state index in [9.17, 15) is 0 Å². The molecule has 0 aliphatic rings. The third-order valence-electron chi connectivity index (χ3n) is 2.78. The Hall–Kier alpha value is -1.06. The van der Waals surface area contributed by atoms with Gasteiger partial charge in [-0.1, -0.05) is 29.3 Å². The van der Waals surface area contributed by atoms with Crippen LogP contribution in [0.2, 0.25) is 0 Å². The molecule has 3 heteroatoms. The number of nitrogens with two attached hydrogens (primary N) is 1. The lowest BCUT2D eigenvalue weighted by Crippen LogP contribution is -2.13. The Morgan fingerprint density at radius 3 is 2.41 bits per heavy atom. The lowest BCUT2D eigenvalue weighted by Gasteiger charge is -2.11. The molecule has 2 aromatic rings. The summed E-state index contributed by atoms with van der Waals surface area (Å²) in [6.07, 6.45) is 2.47. The predicted molar refractivity (Wildman–Crippen MR) is 73.0 cm³/mol. The van der Waals surface area contributed by atoms with Crippen LogP contribution in [0.3, 0.4) is 0 Å². The molecule has 0 saturated heterocycles. The number of aryl methyl sites for hydroxylation is 2. The molecule has 1 unspecified atom stereocenters. The number of rotatable bonds is 3. The molecule has 0 saturated carbocycles. The molecule has 90 valence electrons. The quantitative estimate of drug-likeness (QED) is 0.932. The Bertz CT molecular complexity index is 498. The van der Waals surface area contributed by atoms with E-state index in [1.165, 1.54) is 16.7 Å². The predicted octanol–water partition coefficient (Wildman–Crippen LogP) is 3.90. The smallest absolute Gasteiger partial charge is 0.173 e. The molecule has 0 aliphatic heterocycles. The standard InChI is InChI=1S/C14H16BrNO/c1-9-5-10(2)7-11(6-9)8-13(16)12-3-4-17-14(12)15/h3-7,13H,8,16H2,1-2H3. The molecule has 1 heterocycles. The minimum absolute atomic E-state index is 0.0377. The lowest BCUT2D eigenvalue weighted by molar-refractivity contribution is 0.531. The molecule has 1 aromatic carbocycles. The van der Waals surface area contributed by atoms with E-state index < -0.39 is 0 Å². The van der Waals surface area contributed by atoms with Gasteiger partial charge < -0.3 is 10.2 Å².